The molecule has 0 spiro atoms. The Hall–Kier alpha value is -1.03. The molecule has 0 bridgehead atoms. The maximum atomic E-state index is 10.9. The van der Waals surface area contributed by atoms with E-state index in [4.69, 9.17) is 5.11 Å². The Morgan fingerprint density at radius 3 is 3.00 bits per heavy atom. The average Bonchev–Trinajstić information content (AvgIpc) is 2.37. The Balaban J connectivity index is 2.64. The van der Waals surface area contributed by atoms with Crippen LogP contribution < -0.4 is 5.69 Å². The van der Waals surface area contributed by atoms with E-state index >= 15 is 0 Å². The van der Waals surface area contributed by atoms with Crippen molar-refractivity contribution in [1.82, 2.24) is 9.55 Å². The van der Waals surface area contributed by atoms with Crippen molar-refractivity contribution in [3.63, 3.8) is 0 Å². The molecule has 4 heteroatoms. The molecule has 4 nitrogen and oxygen atoms in total. The highest BCUT2D eigenvalue weighted by Gasteiger charge is 2.02. The molecule has 1 atom stereocenters. The van der Waals surface area contributed by atoms with Crippen LogP contribution in [0.4, 0.5) is 0 Å². The number of rotatable bonds is 3. The molecule has 0 amide bonds. The van der Waals surface area contributed by atoms with Crippen LogP contribution in [0, 0.1) is 5.92 Å². The molecule has 62 valence electrons. The van der Waals surface area contributed by atoms with Gasteiger partial charge in [-0.3, -0.25) is 4.57 Å². The third-order valence-electron chi connectivity index (χ3n) is 1.54. The topological polar surface area (TPSA) is 58.0 Å². The van der Waals surface area contributed by atoms with E-state index in [1.165, 1.54) is 0 Å². The summed E-state index contributed by atoms with van der Waals surface area (Å²) in [5, 5.41) is 8.70. The number of aromatic nitrogens is 2. The highest BCUT2D eigenvalue weighted by Crippen LogP contribution is 1.95. The monoisotopic (exact) mass is 156 g/mol. The lowest BCUT2D eigenvalue weighted by Crippen LogP contribution is -2.21. The number of nitrogens with zero attached hydrogens (tertiary/aromatic N) is 1. The summed E-state index contributed by atoms with van der Waals surface area (Å²) < 4.78 is 1.54. The quantitative estimate of drug-likeness (QED) is 0.637. The van der Waals surface area contributed by atoms with E-state index in [2.05, 4.69) is 4.98 Å². The molecule has 1 aromatic rings. The van der Waals surface area contributed by atoms with Crippen LogP contribution in [0.5, 0.6) is 0 Å². The van der Waals surface area contributed by atoms with Crippen LogP contribution in [0.25, 0.3) is 0 Å². The first-order chi connectivity index (χ1) is 5.24. The van der Waals surface area contributed by atoms with Crippen molar-refractivity contribution < 1.29 is 5.11 Å². The van der Waals surface area contributed by atoms with Gasteiger partial charge in [-0.25, -0.2) is 4.79 Å². The van der Waals surface area contributed by atoms with E-state index in [0.717, 1.165) is 0 Å². The fourth-order valence-electron chi connectivity index (χ4n) is 0.886. The maximum Gasteiger partial charge on any atom is 0.325 e. The minimum Gasteiger partial charge on any atom is -0.396 e. The van der Waals surface area contributed by atoms with Gasteiger partial charge < -0.3 is 10.1 Å². The third kappa shape index (κ3) is 1.94. The molecule has 1 heterocycles. The van der Waals surface area contributed by atoms with E-state index in [0.29, 0.717) is 6.54 Å². The van der Waals surface area contributed by atoms with Crippen molar-refractivity contribution in [2.75, 3.05) is 6.61 Å². The summed E-state index contributed by atoms with van der Waals surface area (Å²) in [5.74, 6) is 0.128. The third-order valence-corrected chi connectivity index (χ3v) is 1.54. The van der Waals surface area contributed by atoms with Gasteiger partial charge in [-0.2, -0.15) is 0 Å². The Bertz CT molecular complexity index is 263. The van der Waals surface area contributed by atoms with Crippen LogP contribution >= 0.6 is 0 Å². The minimum atomic E-state index is -0.120. The molecule has 0 aliphatic heterocycles. The van der Waals surface area contributed by atoms with Gasteiger partial charge in [0.05, 0.1) is 0 Å². The lowest BCUT2D eigenvalue weighted by molar-refractivity contribution is 0.222. The first-order valence-corrected chi connectivity index (χ1v) is 3.58. The average molecular weight is 156 g/mol. The highest BCUT2D eigenvalue weighted by atomic mass is 16.3. The van der Waals surface area contributed by atoms with Crippen LogP contribution in [0.3, 0.4) is 0 Å². The van der Waals surface area contributed by atoms with Crippen LogP contribution in [0.1, 0.15) is 6.92 Å². The molecular formula is C7H12N2O2. The number of aromatic amines is 1. The fourth-order valence-corrected chi connectivity index (χ4v) is 0.886. The van der Waals surface area contributed by atoms with Crippen molar-refractivity contribution in [1.29, 1.82) is 0 Å². The fraction of sp³-hybridized carbons (Fsp3) is 0.571. The lowest BCUT2D eigenvalue weighted by atomic mass is 10.2. The first kappa shape index (κ1) is 8.07. The van der Waals surface area contributed by atoms with E-state index in [-0.39, 0.29) is 18.2 Å². The number of hydrogen-bond donors (Lipinski definition) is 2. The predicted octanol–water partition coefficient (Wildman–Crippen LogP) is -0.195. The van der Waals surface area contributed by atoms with Crippen LogP contribution in [0.2, 0.25) is 0 Å². The molecular weight excluding hydrogens is 144 g/mol. The van der Waals surface area contributed by atoms with Gasteiger partial charge >= 0.3 is 5.69 Å². The Labute approximate surface area is 64.5 Å². The Kier molecular flexibility index (Phi) is 2.48. The molecule has 0 saturated heterocycles. The second-order valence-corrected chi connectivity index (χ2v) is 2.71. The molecule has 0 fully saturated rings. The summed E-state index contributed by atoms with van der Waals surface area (Å²) in [4.78, 5) is 13.4. The molecule has 2 N–H and O–H groups in total. The zero-order valence-electron chi connectivity index (χ0n) is 6.45. The molecule has 0 aliphatic rings. The van der Waals surface area contributed by atoms with Crippen LogP contribution in [-0.4, -0.2) is 21.3 Å². The number of nitrogens with one attached hydrogen (secondary N) is 1. The summed E-state index contributed by atoms with van der Waals surface area (Å²) in [6.07, 6.45) is 3.26. The summed E-state index contributed by atoms with van der Waals surface area (Å²) in [6, 6.07) is 0. The summed E-state index contributed by atoms with van der Waals surface area (Å²) in [7, 11) is 0. The largest absolute Gasteiger partial charge is 0.396 e. The lowest BCUT2D eigenvalue weighted by Gasteiger charge is -2.06. The normalized spacial score (nSPS) is 13.3. The number of hydrogen-bond acceptors (Lipinski definition) is 2. The molecule has 1 aromatic heterocycles. The highest BCUT2D eigenvalue weighted by molar-refractivity contribution is 4.76. The second-order valence-electron chi connectivity index (χ2n) is 2.71. The van der Waals surface area contributed by atoms with Crippen molar-refractivity contribution >= 4 is 0 Å². The molecule has 0 radical (unpaired) electrons. The van der Waals surface area contributed by atoms with Gasteiger partial charge in [-0.05, 0) is 5.92 Å². The summed E-state index contributed by atoms with van der Waals surface area (Å²) >= 11 is 0. The Morgan fingerprint density at radius 1 is 1.82 bits per heavy atom. The zero-order chi connectivity index (χ0) is 8.27. The van der Waals surface area contributed by atoms with Crippen molar-refractivity contribution in [3.8, 4) is 0 Å². The molecule has 11 heavy (non-hydrogen) atoms. The first-order valence-electron chi connectivity index (χ1n) is 3.58. The van der Waals surface area contributed by atoms with Gasteiger partial charge in [0.1, 0.15) is 0 Å². The molecule has 0 saturated carbocycles. The van der Waals surface area contributed by atoms with Crippen molar-refractivity contribution in [3.05, 3.63) is 22.9 Å². The molecule has 1 rings (SSSR count). The standard InChI is InChI=1S/C7H12N2O2/c1-6(5-10)4-9-3-2-8-7(9)11/h2-3,6,10H,4-5H2,1H3,(H,8,11). The SMILES string of the molecule is CC(CO)Cn1cc[nH]c1=O. The van der Waals surface area contributed by atoms with E-state index in [9.17, 15) is 4.79 Å². The van der Waals surface area contributed by atoms with E-state index in [1.807, 2.05) is 6.92 Å². The summed E-state index contributed by atoms with van der Waals surface area (Å²) in [6.45, 7) is 2.57. The zero-order valence-corrected chi connectivity index (χ0v) is 6.45. The molecule has 0 aliphatic carbocycles. The predicted molar refractivity (Wildman–Crippen MR) is 41.3 cm³/mol. The van der Waals surface area contributed by atoms with E-state index < -0.39 is 0 Å². The van der Waals surface area contributed by atoms with Crippen LogP contribution in [0.15, 0.2) is 17.2 Å². The van der Waals surface area contributed by atoms with Crippen molar-refractivity contribution in [2.24, 2.45) is 5.92 Å². The van der Waals surface area contributed by atoms with Gasteiger partial charge in [-0.1, -0.05) is 6.92 Å². The van der Waals surface area contributed by atoms with Gasteiger partial charge in [0.15, 0.2) is 0 Å². The smallest absolute Gasteiger partial charge is 0.325 e. The van der Waals surface area contributed by atoms with Gasteiger partial charge in [0.2, 0.25) is 0 Å². The number of H-pyrrole nitrogens is 1. The van der Waals surface area contributed by atoms with Gasteiger partial charge in [0.25, 0.3) is 0 Å². The second kappa shape index (κ2) is 3.39. The van der Waals surface area contributed by atoms with Crippen molar-refractivity contribution in [2.45, 2.75) is 13.5 Å². The number of aliphatic hydroxyl groups is 1. The summed E-state index contributed by atoms with van der Waals surface area (Å²) in [5.41, 5.74) is -0.120. The molecule has 0 aromatic carbocycles. The number of imidazole rings is 1. The maximum absolute atomic E-state index is 10.9. The minimum absolute atomic E-state index is 0.109. The van der Waals surface area contributed by atoms with Gasteiger partial charge in [-0.15, -0.1) is 0 Å². The Morgan fingerprint density at radius 2 is 2.55 bits per heavy atom. The van der Waals surface area contributed by atoms with Crippen LogP contribution in [-0.2, 0) is 6.54 Å². The number of aliphatic hydroxyl groups excluding tert-OH is 1. The van der Waals surface area contributed by atoms with Gasteiger partial charge in [0, 0.05) is 25.5 Å². The molecule has 1 unspecified atom stereocenters. The van der Waals surface area contributed by atoms with E-state index in [1.54, 1.807) is 17.0 Å².